The molecule has 1 amide bonds. The van der Waals surface area contributed by atoms with Crippen molar-refractivity contribution in [2.75, 3.05) is 0 Å². The molecule has 2 aromatic carbocycles. The van der Waals surface area contributed by atoms with Crippen LogP contribution >= 0.6 is 0 Å². The highest BCUT2D eigenvalue weighted by Crippen LogP contribution is 2.21. The number of hydrogen-bond donors (Lipinski definition) is 2. The van der Waals surface area contributed by atoms with Gasteiger partial charge in [0.2, 0.25) is 5.91 Å². The molecule has 0 aliphatic heterocycles. The summed E-state index contributed by atoms with van der Waals surface area (Å²) in [6, 6.07) is 14.3. The first-order chi connectivity index (χ1) is 12.3. The molecule has 0 heterocycles. The molecule has 2 N–H and O–H groups in total. The van der Waals surface area contributed by atoms with E-state index in [0.717, 1.165) is 16.7 Å². The lowest BCUT2D eigenvalue weighted by Gasteiger charge is -2.19. The zero-order valence-corrected chi connectivity index (χ0v) is 15.4. The number of ether oxygens (including phenoxy) is 1. The molecule has 26 heavy (non-hydrogen) atoms. The quantitative estimate of drug-likeness (QED) is 0.758. The third-order valence-electron chi connectivity index (χ3n) is 3.91. The monoisotopic (exact) mass is 355 g/mol. The Kier molecular flexibility index (Phi) is 6.78. The van der Waals surface area contributed by atoms with Crippen LogP contribution in [0.2, 0.25) is 0 Å². The van der Waals surface area contributed by atoms with Gasteiger partial charge < -0.3 is 15.2 Å². The number of hydrogen-bond acceptors (Lipinski definition) is 3. The van der Waals surface area contributed by atoms with Crippen molar-refractivity contribution in [3.05, 3.63) is 65.2 Å². The van der Waals surface area contributed by atoms with Crippen LogP contribution in [-0.4, -0.2) is 23.1 Å². The zero-order valence-electron chi connectivity index (χ0n) is 15.4. The SMILES string of the molecule is Cc1ccccc1C(CC(=O)O)NC(=O)Cc1cccc(OC(C)C)c1. The average molecular weight is 355 g/mol. The van der Waals surface area contributed by atoms with Crippen LogP contribution in [-0.2, 0) is 16.0 Å². The number of aryl methyl sites for hydroxylation is 1. The Hall–Kier alpha value is -2.82. The molecule has 5 heteroatoms. The Bertz CT molecular complexity index is 770. The Morgan fingerprint density at radius 2 is 1.85 bits per heavy atom. The molecule has 1 unspecified atom stereocenters. The summed E-state index contributed by atoms with van der Waals surface area (Å²) in [6.07, 6.45) is 0.0600. The van der Waals surface area contributed by atoms with Crippen LogP contribution in [0.1, 0.15) is 43.0 Å². The van der Waals surface area contributed by atoms with Crippen molar-refractivity contribution < 1.29 is 19.4 Å². The molecule has 0 fully saturated rings. The lowest BCUT2D eigenvalue weighted by molar-refractivity contribution is -0.137. The van der Waals surface area contributed by atoms with E-state index in [4.69, 9.17) is 4.74 Å². The second-order valence-corrected chi connectivity index (χ2v) is 6.57. The van der Waals surface area contributed by atoms with Crippen molar-refractivity contribution in [2.45, 2.75) is 45.8 Å². The summed E-state index contributed by atoms with van der Waals surface area (Å²) in [6.45, 7) is 5.79. The molecular formula is C21H25NO4. The van der Waals surface area contributed by atoms with Crippen molar-refractivity contribution in [1.29, 1.82) is 0 Å². The first-order valence-corrected chi connectivity index (χ1v) is 8.67. The lowest BCUT2D eigenvalue weighted by Crippen LogP contribution is -2.31. The van der Waals surface area contributed by atoms with Crippen LogP contribution in [0.3, 0.4) is 0 Å². The highest BCUT2D eigenvalue weighted by atomic mass is 16.5. The molecule has 0 bridgehead atoms. The summed E-state index contributed by atoms with van der Waals surface area (Å²) in [5.74, 6) is -0.460. The predicted molar refractivity (Wildman–Crippen MR) is 100 cm³/mol. The van der Waals surface area contributed by atoms with Crippen LogP contribution in [0.4, 0.5) is 0 Å². The minimum atomic E-state index is -0.953. The van der Waals surface area contributed by atoms with E-state index in [2.05, 4.69) is 5.32 Å². The molecule has 0 aromatic heterocycles. The molecule has 5 nitrogen and oxygen atoms in total. The fourth-order valence-corrected chi connectivity index (χ4v) is 2.82. The van der Waals surface area contributed by atoms with Gasteiger partial charge in [-0.25, -0.2) is 0 Å². The number of carbonyl (C=O) groups is 2. The minimum Gasteiger partial charge on any atom is -0.491 e. The molecule has 0 aliphatic rings. The topological polar surface area (TPSA) is 75.6 Å². The van der Waals surface area contributed by atoms with Gasteiger partial charge in [0.15, 0.2) is 0 Å². The second-order valence-electron chi connectivity index (χ2n) is 6.57. The number of amides is 1. The summed E-state index contributed by atoms with van der Waals surface area (Å²) in [4.78, 5) is 23.7. The third-order valence-corrected chi connectivity index (χ3v) is 3.91. The number of carbonyl (C=O) groups excluding carboxylic acids is 1. The van der Waals surface area contributed by atoms with Gasteiger partial charge in [0, 0.05) is 0 Å². The average Bonchev–Trinajstić information content (AvgIpc) is 2.54. The smallest absolute Gasteiger partial charge is 0.305 e. The van der Waals surface area contributed by atoms with Gasteiger partial charge in [0.05, 0.1) is 25.0 Å². The number of rotatable bonds is 8. The fourth-order valence-electron chi connectivity index (χ4n) is 2.82. The van der Waals surface area contributed by atoms with Crippen LogP contribution in [0, 0.1) is 6.92 Å². The number of carboxylic acid groups (broad SMARTS) is 1. The van der Waals surface area contributed by atoms with E-state index in [1.165, 1.54) is 0 Å². The Morgan fingerprint density at radius 3 is 2.50 bits per heavy atom. The summed E-state index contributed by atoms with van der Waals surface area (Å²) in [5.41, 5.74) is 2.59. The zero-order chi connectivity index (χ0) is 19.1. The summed E-state index contributed by atoms with van der Waals surface area (Å²) >= 11 is 0. The maximum absolute atomic E-state index is 12.5. The first-order valence-electron chi connectivity index (χ1n) is 8.67. The van der Waals surface area contributed by atoms with Crippen LogP contribution in [0.15, 0.2) is 48.5 Å². The Morgan fingerprint density at radius 1 is 1.12 bits per heavy atom. The standard InChI is InChI=1S/C21H25NO4/c1-14(2)26-17-9-6-8-16(11-17)12-20(23)22-19(13-21(24)25)18-10-5-4-7-15(18)3/h4-11,14,19H,12-13H2,1-3H3,(H,22,23)(H,24,25). The highest BCUT2D eigenvalue weighted by molar-refractivity contribution is 5.80. The molecule has 2 aromatic rings. The van der Waals surface area contributed by atoms with Crippen LogP contribution in [0.25, 0.3) is 0 Å². The summed E-state index contributed by atoms with van der Waals surface area (Å²) < 4.78 is 5.65. The van der Waals surface area contributed by atoms with Gasteiger partial charge in [-0.2, -0.15) is 0 Å². The van der Waals surface area contributed by atoms with Gasteiger partial charge in [-0.05, 0) is 49.6 Å². The van der Waals surface area contributed by atoms with Crippen molar-refractivity contribution in [3.63, 3.8) is 0 Å². The van der Waals surface area contributed by atoms with E-state index in [-0.39, 0.29) is 24.9 Å². The number of aliphatic carboxylic acids is 1. The second kappa shape index (κ2) is 9.04. The molecule has 0 radical (unpaired) electrons. The summed E-state index contributed by atoms with van der Waals surface area (Å²) in [5, 5.41) is 12.0. The first kappa shape index (κ1) is 19.5. The van der Waals surface area contributed by atoms with Crippen molar-refractivity contribution in [3.8, 4) is 5.75 Å². The Labute approximate surface area is 154 Å². The van der Waals surface area contributed by atoms with Gasteiger partial charge in [0.1, 0.15) is 5.75 Å². The number of benzene rings is 2. The van der Waals surface area contributed by atoms with Gasteiger partial charge >= 0.3 is 5.97 Å². The highest BCUT2D eigenvalue weighted by Gasteiger charge is 2.19. The Balaban J connectivity index is 2.10. The van der Waals surface area contributed by atoms with Gasteiger partial charge in [0.25, 0.3) is 0 Å². The van der Waals surface area contributed by atoms with E-state index in [1.807, 2.05) is 69.3 Å². The third kappa shape index (κ3) is 5.92. The van der Waals surface area contributed by atoms with Gasteiger partial charge in [-0.3, -0.25) is 9.59 Å². The van der Waals surface area contributed by atoms with E-state index >= 15 is 0 Å². The molecule has 2 rings (SSSR count). The molecule has 1 atom stereocenters. The molecular weight excluding hydrogens is 330 g/mol. The van der Waals surface area contributed by atoms with E-state index in [1.54, 1.807) is 0 Å². The van der Waals surface area contributed by atoms with E-state index in [0.29, 0.717) is 5.75 Å². The summed E-state index contributed by atoms with van der Waals surface area (Å²) in [7, 11) is 0. The van der Waals surface area contributed by atoms with Gasteiger partial charge in [-0.1, -0.05) is 36.4 Å². The minimum absolute atomic E-state index is 0.0556. The normalized spacial score (nSPS) is 11.8. The number of nitrogens with one attached hydrogen (secondary N) is 1. The molecule has 0 saturated carbocycles. The largest absolute Gasteiger partial charge is 0.491 e. The van der Waals surface area contributed by atoms with E-state index < -0.39 is 12.0 Å². The molecule has 0 saturated heterocycles. The molecule has 0 aliphatic carbocycles. The molecule has 138 valence electrons. The van der Waals surface area contributed by atoms with Crippen molar-refractivity contribution in [1.82, 2.24) is 5.32 Å². The van der Waals surface area contributed by atoms with Gasteiger partial charge in [-0.15, -0.1) is 0 Å². The maximum Gasteiger partial charge on any atom is 0.305 e. The van der Waals surface area contributed by atoms with Crippen molar-refractivity contribution in [2.24, 2.45) is 0 Å². The van der Waals surface area contributed by atoms with E-state index in [9.17, 15) is 14.7 Å². The lowest BCUT2D eigenvalue weighted by atomic mass is 9.98. The van der Waals surface area contributed by atoms with Crippen molar-refractivity contribution >= 4 is 11.9 Å². The van der Waals surface area contributed by atoms with Crippen LogP contribution < -0.4 is 10.1 Å². The number of carboxylic acids is 1. The predicted octanol–water partition coefficient (Wildman–Crippen LogP) is 3.66. The van der Waals surface area contributed by atoms with Crippen LogP contribution in [0.5, 0.6) is 5.75 Å². The maximum atomic E-state index is 12.5. The molecule has 0 spiro atoms. The fraction of sp³-hybridized carbons (Fsp3) is 0.333.